The van der Waals surface area contributed by atoms with Crippen LogP contribution in [0.15, 0.2) is 45.7 Å². The van der Waals surface area contributed by atoms with Crippen molar-refractivity contribution in [1.29, 1.82) is 0 Å². The normalized spacial score (nSPS) is 11.4. The van der Waals surface area contributed by atoms with E-state index in [4.69, 9.17) is 22.1 Å². The monoisotopic (exact) mass is 411 g/mol. The van der Waals surface area contributed by atoms with Gasteiger partial charge in [0.25, 0.3) is 10.0 Å². The molecule has 0 spiro atoms. The Hall–Kier alpha value is -2.78. The van der Waals surface area contributed by atoms with Gasteiger partial charge in [0.1, 0.15) is 17.0 Å². The molecule has 0 fully saturated rings. The average molecular weight is 412 g/mol. The van der Waals surface area contributed by atoms with Crippen molar-refractivity contribution < 1.29 is 22.7 Å². The number of nitrogens with two attached hydrogens (primary N) is 1. The van der Waals surface area contributed by atoms with Crippen molar-refractivity contribution in [2.24, 2.45) is 4.40 Å². The molecule has 0 heterocycles. The van der Waals surface area contributed by atoms with Crippen molar-refractivity contribution >= 4 is 39.6 Å². The van der Waals surface area contributed by atoms with E-state index in [-0.39, 0.29) is 21.9 Å². The number of hydrogen-bond donors (Lipinski definition) is 1. The minimum atomic E-state index is -4.21. The Morgan fingerprint density at radius 3 is 2.41 bits per heavy atom. The predicted octanol–water partition coefficient (Wildman–Crippen LogP) is 2.78. The second kappa shape index (κ2) is 8.28. The molecule has 0 aliphatic rings. The molecule has 0 atom stereocenters. The van der Waals surface area contributed by atoms with Gasteiger partial charge in [-0.1, -0.05) is 11.6 Å². The number of ether oxygens (including phenoxy) is 2. The molecular formula is C17H18ClN3O5S. The summed E-state index contributed by atoms with van der Waals surface area (Å²) in [6.45, 7) is 0. The Balaban J connectivity index is 2.63. The summed E-state index contributed by atoms with van der Waals surface area (Å²) < 4.78 is 39.2. The SMILES string of the molecule is COC(=O)c1cc(N)c(Oc2ccc(Cl)cc2)c(S(=O)(=O)N=CN(C)C)c1. The van der Waals surface area contributed by atoms with E-state index >= 15 is 0 Å². The van der Waals surface area contributed by atoms with Gasteiger partial charge in [0, 0.05) is 19.1 Å². The summed E-state index contributed by atoms with van der Waals surface area (Å²) in [6, 6.07) is 8.63. The van der Waals surface area contributed by atoms with Crippen molar-refractivity contribution in [3.8, 4) is 11.5 Å². The van der Waals surface area contributed by atoms with E-state index in [1.807, 2.05) is 0 Å². The minimum absolute atomic E-state index is 0.0444. The number of carbonyl (C=O) groups is 1. The number of methoxy groups -OCH3 is 1. The lowest BCUT2D eigenvalue weighted by Gasteiger charge is -2.14. The van der Waals surface area contributed by atoms with Gasteiger partial charge in [-0.3, -0.25) is 0 Å². The number of nitrogen functional groups attached to an aromatic ring is 1. The molecule has 0 amide bonds. The summed E-state index contributed by atoms with van der Waals surface area (Å²) in [5.74, 6) is -0.585. The van der Waals surface area contributed by atoms with Crippen molar-refractivity contribution in [3.05, 3.63) is 47.0 Å². The molecule has 0 unspecified atom stereocenters. The summed E-state index contributed by atoms with van der Waals surface area (Å²) in [6.07, 6.45) is 1.11. The number of anilines is 1. The van der Waals surface area contributed by atoms with Crippen LogP contribution < -0.4 is 10.5 Å². The fourth-order valence-electron chi connectivity index (χ4n) is 1.99. The van der Waals surface area contributed by atoms with Gasteiger partial charge < -0.3 is 20.1 Å². The van der Waals surface area contributed by atoms with Gasteiger partial charge in [0.2, 0.25) is 0 Å². The molecule has 0 aliphatic heterocycles. The highest BCUT2D eigenvalue weighted by Crippen LogP contribution is 2.37. The third-order valence-corrected chi connectivity index (χ3v) is 4.72. The highest BCUT2D eigenvalue weighted by Gasteiger charge is 2.25. The van der Waals surface area contributed by atoms with Gasteiger partial charge in [-0.05, 0) is 36.4 Å². The van der Waals surface area contributed by atoms with Crippen molar-refractivity contribution in [2.45, 2.75) is 4.90 Å². The zero-order chi connectivity index (χ0) is 20.2. The standard InChI is InChI=1S/C17H18ClN3O5S/c1-21(2)10-20-27(23,24)15-9-11(17(22)25-3)8-14(19)16(15)26-13-6-4-12(18)5-7-13/h4-10H,19H2,1-3H3. The number of esters is 1. The fourth-order valence-corrected chi connectivity index (χ4v) is 3.22. The molecule has 2 rings (SSSR count). The largest absolute Gasteiger partial charge is 0.465 e. The molecule has 2 aromatic carbocycles. The second-order valence-corrected chi connectivity index (χ2v) is 7.64. The lowest BCUT2D eigenvalue weighted by molar-refractivity contribution is 0.0600. The van der Waals surface area contributed by atoms with Crippen LogP contribution in [0, 0.1) is 0 Å². The van der Waals surface area contributed by atoms with Crippen LogP contribution in [0.2, 0.25) is 5.02 Å². The quantitative estimate of drug-likeness (QED) is 0.336. The Morgan fingerprint density at radius 2 is 1.85 bits per heavy atom. The van der Waals surface area contributed by atoms with Crippen molar-refractivity contribution in [2.75, 3.05) is 26.9 Å². The van der Waals surface area contributed by atoms with Gasteiger partial charge in [-0.2, -0.15) is 8.42 Å². The third kappa shape index (κ3) is 5.11. The number of halogens is 1. The number of benzene rings is 2. The molecule has 0 saturated carbocycles. The van der Waals surface area contributed by atoms with Crippen LogP contribution in [-0.2, 0) is 14.8 Å². The van der Waals surface area contributed by atoms with Gasteiger partial charge in [0.05, 0.1) is 18.4 Å². The molecular weight excluding hydrogens is 394 g/mol. The average Bonchev–Trinajstić information content (AvgIpc) is 2.62. The molecule has 0 aromatic heterocycles. The molecule has 0 aliphatic carbocycles. The minimum Gasteiger partial charge on any atom is -0.465 e. The highest BCUT2D eigenvalue weighted by molar-refractivity contribution is 7.90. The Labute approximate surface area is 162 Å². The summed E-state index contributed by atoms with van der Waals surface area (Å²) in [5, 5.41) is 0.486. The van der Waals surface area contributed by atoms with E-state index in [2.05, 4.69) is 9.13 Å². The molecule has 8 nitrogen and oxygen atoms in total. The molecule has 2 aromatic rings. The van der Waals surface area contributed by atoms with E-state index in [0.29, 0.717) is 10.8 Å². The molecule has 2 N–H and O–H groups in total. The number of rotatable bonds is 6. The first-order chi connectivity index (χ1) is 12.6. The summed E-state index contributed by atoms with van der Waals surface area (Å²) in [4.78, 5) is 12.9. The van der Waals surface area contributed by atoms with E-state index in [1.54, 1.807) is 38.4 Å². The van der Waals surface area contributed by atoms with Crippen molar-refractivity contribution in [3.63, 3.8) is 0 Å². The lowest BCUT2D eigenvalue weighted by atomic mass is 10.2. The lowest BCUT2D eigenvalue weighted by Crippen LogP contribution is -2.12. The molecule has 0 saturated heterocycles. The second-order valence-electron chi connectivity index (χ2n) is 5.60. The molecule has 0 radical (unpaired) electrons. The maximum Gasteiger partial charge on any atom is 0.337 e. The molecule has 144 valence electrons. The topological polar surface area (TPSA) is 111 Å². The third-order valence-electron chi connectivity index (χ3n) is 3.23. The van der Waals surface area contributed by atoms with E-state index in [1.165, 1.54) is 18.1 Å². The van der Waals surface area contributed by atoms with Gasteiger partial charge in [0.15, 0.2) is 5.75 Å². The zero-order valence-electron chi connectivity index (χ0n) is 14.8. The van der Waals surface area contributed by atoms with Gasteiger partial charge in [-0.25, -0.2) is 4.79 Å². The van der Waals surface area contributed by atoms with Gasteiger partial charge >= 0.3 is 5.97 Å². The van der Waals surface area contributed by atoms with Crippen LogP contribution >= 0.6 is 11.6 Å². The van der Waals surface area contributed by atoms with Crippen LogP contribution in [0.1, 0.15) is 10.4 Å². The molecule has 27 heavy (non-hydrogen) atoms. The summed E-state index contributed by atoms with van der Waals surface area (Å²) in [5.41, 5.74) is 5.85. The maximum absolute atomic E-state index is 12.7. The Bertz CT molecular complexity index is 973. The number of hydrogen-bond acceptors (Lipinski definition) is 6. The fraction of sp³-hybridized carbons (Fsp3) is 0.176. The zero-order valence-corrected chi connectivity index (χ0v) is 16.4. The number of nitrogens with zero attached hydrogens (tertiary/aromatic N) is 2. The molecule has 0 bridgehead atoms. The van der Waals surface area contributed by atoms with E-state index in [9.17, 15) is 13.2 Å². The first-order valence-corrected chi connectivity index (χ1v) is 9.38. The number of sulfonamides is 1. The molecule has 10 heteroatoms. The highest BCUT2D eigenvalue weighted by atomic mass is 35.5. The van der Waals surface area contributed by atoms with E-state index < -0.39 is 16.0 Å². The van der Waals surface area contributed by atoms with Crippen molar-refractivity contribution in [1.82, 2.24) is 4.90 Å². The Morgan fingerprint density at radius 1 is 1.22 bits per heavy atom. The van der Waals surface area contributed by atoms with Crippen LogP contribution in [0.25, 0.3) is 0 Å². The number of carbonyl (C=O) groups excluding carboxylic acids is 1. The van der Waals surface area contributed by atoms with Crippen LogP contribution in [-0.4, -0.2) is 46.8 Å². The van der Waals surface area contributed by atoms with Crippen LogP contribution in [0.3, 0.4) is 0 Å². The van der Waals surface area contributed by atoms with Gasteiger partial charge in [-0.15, -0.1) is 4.40 Å². The van der Waals surface area contributed by atoms with Crippen LogP contribution in [0.4, 0.5) is 5.69 Å². The Kier molecular flexibility index (Phi) is 6.29. The first kappa shape index (κ1) is 20.5. The smallest absolute Gasteiger partial charge is 0.337 e. The predicted molar refractivity (Wildman–Crippen MR) is 103 cm³/mol. The maximum atomic E-state index is 12.7. The first-order valence-electron chi connectivity index (χ1n) is 7.56. The summed E-state index contributed by atoms with van der Waals surface area (Å²) in [7, 11) is 0.192. The van der Waals surface area contributed by atoms with Crippen LogP contribution in [0.5, 0.6) is 11.5 Å². The van der Waals surface area contributed by atoms with E-state index in [0.717, 1.165) is 12.4 Å². The summed E-state index contributed by atoms with van der Waals surface area (Å²) >= 11 is 5.84.